The molecule has 7 heteroatoms. The van der Waals surface area contributed by atoms with Crippen molar-refractivity contribution >= 4 is 23.3 Å². The first-order valence-corrected chi connectivity index (χ1v) is 18.2. The van der Waals surface area contributed by atoms with E-state index >= 15 is 0 Å². The van der Waals surface area contributed by atoms with Crippen LogP contribution >= 0.6 is 0 Å². The number of ether oxygens (including phenoxy) is 3. The summed E-state index contributed by atoms with van der Waals surface area (Å²) in [4.78, 5) is 49.3. The molecular weight excluding hydrogens is 556 g/mol. The van der Waals surface area contributed by atoms with E-state index in [-0.39, 0.29) is 53.8 Å². The van der Waals surface area contributed by atoms with E-state index in [1.807, 2.05) is 13.0 Å². The molecule has 0 unspecified atom stereocenters. The molecule has 0 aromatic heterocycles. The van der Waals surface area contributed by atoms with E-state index in [0.717, 1.165) is 95.5 Å². The fourth-order valence-corrected chi connectivity index (χ4v) is 6.83. The number of carbonyl (C=O) groups is 4. The Kier molecular flexibility index (Phi) is 17.5. The quantitative estimate of drug-likeness (QED) is 0.0750. The van der Waals surface area contributed by atoms with E-state index in [9.17, 15) is 19.2 Å². The summed E-state index contributed by atoms with van der Waals surface area (Å²) in [6.45, 7) is 4.11. The molecule has 2 fully saturated rings. The van der Waals surface area contributed by atoms with E-state index < -0.39 is 0 Å². The first-order valence-electron chi connectivity index (χ1n) is 18.2. The minimum Gasteiger partial charge on any atom is -0.455 e. The molecule has 3 aliphatic heterocycles. The third-order valence-electron chi connectivity index (χ3n) is 9.54. The Balaban J connectivity index is 1.15. The van der Waals surface area contributed by atoms with Gasteiger partial charge in [0.25, 0.3) is 0 Å². The van der Waals surface area contributed by atoms with Crippen molar-refractivity contribution in [1.82, 2.24) is 0 Å². The van der Waals surface area contributed by atoms with Crippen molar-refractivity contribution < 1.29 is 33.4 Å². The maximum atomic E-state index is 12.7. The van der Waals surface area contributed by atoms with Gasteiger partial charge in [0, 0.05) is 31.3 Å². The van der Waals surface area contributed by atoms with Crippen LogP contribution < -0.4 is 0 Å². The lowest BCUT2D eigenvalue weighted by atomic mass is 10.0. The highest BCUT2D eigenvalue weighted by molar-refractivity contribution is 5.90. The zero-order chi connectivity index (χ0) is 31.6. The molecule has 0 spiro atoms. The van der Waals surface area contributed by atoms with Crippen molar-refractivity contribution in [1.29, 1.82) is 0 Å². The average Bonchev–Trinajstić information content (AvgIpc) is 3.76. The van der Waals surface area contributed by atoms with Crippen LogP contribution in [-0.2, 0) is 33.4 Å². The molecule has 0 N–H and O–H groups in total. The largest absolute Gasteiger partial charge is 0.455 e. The van der Waals surface area contributed by atoms with Gasteiger partial charge in [-0.3, -0.25) is 14.4 Å². The lowest BCUT2D eigenvalue weighted by Crippen LogP contribution is -2.30. The van der Waals surface area contributed by atoms with Crippen molar-refractivity contribution in [2.75, 3.05) is 0 Å². The number of carbonyl (C=O) groups excluding carboxylic acids is 4. The molecule has 0 amide bonds. The monoisotopic (exact) mass is 616 g/mol. The van der Waals surface area contributed by atoms with E-state index in [4.69, 9.17) is 14.2 Å². The summed E-state index contributed by atoms with van der Waals surface area (Å²) in [6, 6.07) is 0. The van der Waals surface area contributed by atoms with Gasteiger partial charge in [0.1, 0.15) is 24.1 Å². The van der Waals surface area contributed by atoms with Gasteiger partial charge >= 0.3 is 5.97 Å². The fraction of sp³-hybridized carbons (Fsp3) is 0.838. The number of ketones is 3. The topological polar surface area (TPSA) is 96.0 Å². The Bertz CT molecular complexity index is 925. The maximum Gasteiger partial charge on any atom is 0.334 e. The molecule has 0 saturated carbocycles. The van der Waals surface area contributed by atoms with Crippen LogP contribution in [0, 0.1) is 0 Å². The van der Waals surface area contributed by atoms with Gasteiger partial charge in [0.05, 0.1) is 12.2 Å². The van der Waals surface area contributed by atoms with Crippen LogP contribution in [0.25, 0.3) is 0 Å². The highest BCUT2D eigenvalue weighted by Crippen LogP contribution is 2.33. The maximum absolute atomic E-state index is 12.7. The Morgan fingerprint density at radius 3 is 1.61 bits per heavy atom. The van der Waals surface area contributed by atoms with Crippen molar-refractivity contribution in [2.45, 2.75) is 198 Å². The number of esters is 1. The molecule has 7 nitrogen and oxygen atoms in total. The van der Waals surface area contributed by atoms with E-state index in [1.54, 1.807) is 0 Å². The molecule has 0 aromatic rings. The third-order valence-corrected chi connectivity index (χ3v) is 9.54. The van der Waals surface area contributed by atoms with Gasteiger partial charge in [-0.1, -0.05) is 71.1 Å². The van der Waals surface area contributed by atoms with Crippen LogP contribution in [-0.4, -0.2) is 53.8 Å². The van der Waals surface area contributed by atoms with Gasteiger partial charge in [-0.15, -0.1) is 0 Å². The van der Waals surface area contributed by atoms with Crippen molar-refractivity contribution in [3.8, 4) is 0 Å². The van der Waals surface area contributed by atoms with Crippen LogP contribution in [0.15, 0.2) is 11.6 Å². The minimum absolute atomic E-state index is 0.0785. The molecule has 2 saturated heterocycles. The number of Topliss-reactive ketones (excluding diaryl/α,β-unsaturated/α-hetero) is 3. The number of cyclic esters (lactones) is 1. The van der Waals surface area contributed by atoms with E-state index in [2.05, 4.69) is 6.92 Å². The summed E-state index contributed by atoms with van der Waals surface area (Å²) in [5.74, 6) is 0.481. The van der Waals surface area contributed by atoms with Crippen LogP contribution in [0.4, 0.5) is 0 Å². The van der Waals surface area contributed by atoms with Gasteiger partial charge in [-0.2, -0.15) is 0 Å². The van der Waals surface area contributed by atoms with Gasteiger partial charge in [0.15, 0.2) is 11.6 Å². The predicted octanol–water partition coefficient (Wildman–Crippen LogP) is 8.48. The van der Waals surface area contributed by atoms with Gasteiger partial charge in [0.2, 0.25) is 0 Å². The van der Waals surface area contributed by atoms with Crippen LogP contribution in [0.5, 0.6) is 0 Å². The first-order chi connectivity index (χ1) is 21.4. The highest BCUT2D eigenvalue weighted by Gasteiger charge is 2.40. The smallest absolute Gasteiger partial charge is 0.334 e. The molecule has 3 rings (SSSR count). The van der Waals surface area contributed by atoms with E-state index in [0.29, 0.717) is 25.7 Å². The second-order valence-corrected chi connectivity index (χ2v) is 13.5. The Morgan fingerprint density at radius 1 is 0.636 bits per heavy atom. The molecule has 0 radical (unpaired) electrons. The Morgan fingerprint density at radius 2 is 1.09 bits per heavy atom. The van der Waals surface area contributed by atoms with Crippen molar-refractivity contribution in [3.05, 3.63) is 11.6 Å². The molecule has 3 heterocycles. The summed E-state index contributed by atoms with van der Waals surface area (Å²) in [5.41, 5.74) is 0.805. The molecule has 0 bridgehead atoms. The minimum atomic E-state index is -0.370. The predicted molar refractivity (Wildman–Crippen MR) is 172 cm³/mol. The Hall–Kier alpha value is -1.86. The Labute approximate surface area is 266 Å². The SMILES string of the molecule is CCCCCCCCCCC(=O)[C@H]1CC[C@H]([C@H]2CC[C@H](C(=O)CCCCC(=O)CCCCCCCC3=C[C@H](C)OC3=O)O2)O1. The normalized spacial score (nSPS) is 24.9. The molecular formula is C37H60O7. The second kappa shape index (κ2) is 21.0. The summed E-state index contributed by atoms with van der Waals surface area (Å²) in [6.07, 6.45) is 23.4. The summed E-state index contributed by atoms with van der Waals surface area (Å²) < 4.78 is 17.4. The zero-order valence-corrected chi connectivity index (χ0v) is 27.8. The van der Waals surface area contributed by atoms with Gasteiger partial charge < -0.3 is 14.2 Å². The lowest BCUT2D eigenvalue weighted by Gasteiger charge is -2.20. The number of hydrogen-bond donors (Lipinski definition) is 0. The number of hydrogen-bond acceptors (Lipinski definition) is 7. The van der Waals surface area contributed by atoms with Crippen LogP contribution in [0.3, 0.4) is 0 Å². The zero-order valence-electron chi connectivity index (χ0n) is 27.8. The van der Waals surface area contributed by atoms with Crippen LogP contribution in [0.1, 0.15) is 168 Å². The molecule has 250 valence electrons. The molecule has 0 aromatic carbocycles. The molecule has 5 atom stereocenters. The fourth-order valence-electron chi connectivity index (χ4n) is 6.83. The van der Waals surface area contributed by atoms with Gasteiger partial charge in [-0.25, -0.2) is 4.79 Å². The van der Waals surface area contributed by atoms with Crippen LogP contribution in [0.2, 0.25) is 0 Å². The third kappa shape index (κ3) is 13.6. The lowest BCUT2D eigenvalue weighted by molar-refractivity contribution is -0.139. The van der Waals surface area contributed by atoms with Gasteiger partial charge in [-0.05, 0) is 77.2 Å². The first kappa shape index (κ1) is 36.6. The highest BCUT2D eigenvalue weighted by atomic mass is 16.6. The van der Waals surface area contributed by atoms with E-state index in [1.165, 1.54) is 38.5 Å². The summed E-state index contributed by atoms with van der Waals surface area (Å²) in [5, 5.41) is 0. The standard InChI is InChI=1S/C37H60O7/c1-3-4-5-6-7-8-12-15-21-31(39)33-23-25-35(43-33)36-26-24-34(44-36)32(40)22-17-16-20-30(38)19-14-11-9-10-13-18-29-27-28(2)42-37(29)41/h27-28,33-36H,3-26H2,1-2H3/t28-,33+,34+,35+,36+/m0/s1. The molecule has 3 aliphatic rings. The summed E-state index contributed by atoms with van der Waals surface area (Å²) >= 11 is 0. The number of rotatable bonds is 25. The average molecular weight is 617 g/mol. The second-order valence-electron chi connectivity index (χ2n) is 13.5. The van der Waals surface area contributed by atoms with Crippen molar-refractivity contribution in [3.63, 3.8) is 0 Å². The summed E-state index contributed by atoms with van der Waals surface area (Å²) in [7, 11) is 0. The molecule has 44 heavy (non-hydrogen) atoms. The van der Waals surface area contributed by atoms with Crippen molar-refractivity contribution in [2.24, 2.45) is 0 Å². The number of unbranched alkanes of at least 4 members (excludes halogenated alkanes) is 12. The molecule has 0 aliphatic carbocycles.